The molecule has 1 saturated heterocycles. The molecule has 0 spiro atoms. The van der Waals surface area contributed by atoms with Crippen LogP contribution in [0.4, 0.5) is 5.69 Å². The first-order chi connectivity index (χ1) is 12.8. The third-order valence-corrected chi connectivity index (χ3v) is 4.74. The SMILES string of the molecule is COc1ccc(N2C(=O)CCC2(C)C(=O)NCCCOC(C)C)c(OC)c1. The van der Waals surface area contributed by atoms with Gasteiger partial charge >= 0.3 is 0 Å². The van der Waals surface area contributed by atoms with E-state index in [1.54, 1.807) is 37.1 Å². The van der Waals surface area contributed by atoms with Crippen molar-refractivity contribution in [2.75, 3.05) is 32.3 Å². The van der Waals surface area contributed by atoms with Crippen LogP contribution in [0.3, 0.4) is 0 Å². The monoisotopic (exact) mass is 378 g/mol. The molecular weight excluding hydrogens is 348 g/mol. The molecule has 1 atom stereocenters. The van der Waals surface area contributed by atoms with E-state index in [0.29, 0.717) is 43.2 Å². The van der Waals surface area contributed by atoms with Crippen molar-refractivity contribution < 1.29 is 23.8 Å². The van der Waals surface area contributed by atoms with Crippen LogP contribution in [0.25, 0.3) is 0 Å². The average Bonchev–Trinajstić information content (AvgIpc) is 2.96. The third-order valence-electron chi connectivity index (χ3n) is 4.74. The Hall–Kier alpha value is -2.28. The molecule has 0 saturated carbocycles. The van der Waals surface area contributed by atoms with Crippen molar-refractivity contribution in [3.05, 3.63) is 18.2 Å². The van der Waals surface area contributed by atoms with E-state index in [2.05, 4.69) is 5.32 Å². The van der Waals surface area contributed by atoms with E-state index in [1.165, 1.54) is 7.11 Å². The zero-order valence-corrected chi connectivity index (χ0v) is 16.8. The highest BCUT2D eigenvalue weighted by atomic mass is 16.5. The largest absolute Gasteiger partial charge is 0.497 e. The van der Waals surface area contributed by atoms with Gasteiger partial charge in [0.15, 0.2) is 0 Å². The number of anilines is 1. The minimum absolute atomic E-state index is 0.0979. The Morgan fingerprint density at radius 2 is 2.04 bits per heavy atom. The number of amides is 2. The van der Waals surface area contributed by atoms with Crippen molar-refractivity contribution >= 4 is 17.5 Å². The van der Waals surface area contributed by atoms with Crippen molar-refractivity contribution in [2.24, 2.45) is 0 Å². The Morgan fingerprint density at radius 3 is 2.67 bits per heavy atom. The molecule has 1 N–H and O–H groups in total. The Kier molecular flexibility index (Phi) is 7.07. The molecule has 7 nitrogen and oxygen atoms in total. The number of ether oxygens (including phenoxy) is 3. The van der Waals surface area contributed by atoms with Gasteiger partial charge in [-0.2, -0.15) is 0 Å². The van der Waals surface area contributed by atoms with Gasteiger partial charge in [0.2, 0.25) is 11.8 Å². The molecule has 1 aromatic carbocycles. The molecule has 1 heterocycles. The fourth-order valence-corrected chi connectivity index (χ4v) is 3.22. The van der Waals surface area contributed by atoms with Gasteiger partial charge in [-0.25, -0.2) is 0 Å². The lowest BCUT2D eigenvalue weighted by molar-refractivity contribution is -0.127. The molecule has 150 valence electrons. The average molecular weight is 378 g/mol. The number of hydrogen-bond donors (Lipinski definition) is 1. The molecule has 1 unspecified atom stereocenters. The Bertz CT molecular complexity index is 676. The predicted molar refractivity (Wildman–Crippen MR) is 103 cm³/mol. The van der Waals surface area contributed by atoms with Crippen LogP contribution in [0.5, 0.6) is 11.5 Å². The van der Waals surface area contributed by atoms with E-state index in [9.17, 15) is 9.59 Å². The molecule has 0 radical (unpaired) electrons. The van der Waals surface area contributed by atoms with Crippen LogP contribution in [0.2, 0.25) is 0 Å². The fourth-order valence-electron chi connectivity index (χ4n) is 3.22. The third kappa shape index (κ3) is 4.71. The van der Waals surface area contributed by atoms with Crippen LogP contribution in [0, 0.1) is 0 Å². The predicted octanol–water partition coefficient (Wildman–Crippen LogP) is 2.52. The quantitative estimate of drug-likeness (QED) is 0.668. The fraction of sp³-hybridized carbons (Fsp3) is 0.600. The zero-order chi connectivity index (χ0) is 20.0. The summed E-state index contributed by atoms with van der Waals surface area (Å²) in [5.74, 6) is 0.850. The molecule has 0 bridgehead atoms. The minimum atomic E-state index is -0.960. The number of rotatable bonds is 9. The summed E-state index contributed by atoms with van der Waals surface area (Å²) in [6, 6.07) is 5.22. The molecule has 2 amide bonds. The number of benzene rings is 1. The van der Waals surface area contributed by atoms with E-state index in [0.717, 1.165) is 6.42 Å². The zero-order valence-electron chi connectivity index (χ0n) is 16.8. The Labute approximate surface area is 161 Å². The Balaban J connectivity index is 2.15. The summed E-state index contributed by atoms with van der Waals surface area (Å²) < 4.78 is 16.1. The van der Waals surface area contributed by atoms with Crippen molar-refractivity contribution in [1.29, 1.82) is 0 Å². The smallest absolute Gasteiger partial charge is 0.246 e. The van der Waals surface area contributed by atoms with Gasteiger partial charge in [-0.05, 0) is 45.7 Å². The van der Waals surface area contributed by atoms with Crippen LogP contribution in [-0.4, -0.2) is 50.8 Å². The molecule has 2 rings (SSSR count). The van der Waals surface area contributed by atoms with Gasteiger partial charge in [-0.15, -0.1) is 0 Å². The summed E-state index contributed by atoms with van der Waals surface area (Å²) in [7, 11) is 3.10. The first-order valence-corrected chi connectivity index (χ1v) is 9.28. The lowest BCUT2D eigenvalue weighted by atomic mass is 9.96. The molecule has 1 fully saturated rings. The highest BCUT2D eigenvalue weighted by molar-refractivity contribution is 6.07. The maximum Gasteiger partial charge on any atom is 0.246 e. The van der Waals surface area contributed by atoms with E-state index >= 15 is 0 Å². The van der Waals surface area contributed by atoms with Gasteiger partial charge < -0.3 is 19.5 Å². The van der Waals surface area contributed by atoms with Crippen molar-refractivity contribution in [3.8, 4) is 11.5 Å². The highest BCUT2D eigenvalue weighted by Crippen LogP contribution is 2.41. The number of nitrogens with one attached hydrogen (secondary N) is 1. The molecule has 1 aromatic rings. The summed E-state index contributed by atoms with van der Waals surface area (Å²) in [4.78, 5) is 27.1. The Morgan fingerprint density at radius 1 is 1.30 bits per heavy atom. The summed E-state index contributed by atoms with van der Waals surface area (Å²) in [6.07, 6.45) is 1.66. The van der Waals surface area contributed by atoms with Crippen molar-refractivity contribution in [2.45, 2.75) is 51.7 Å². The second kappa shape index (κ2) is 9.08. The lowest BCUT2D eigenvalue weighted by Crippen LogP contribution is -2.55. The van der Waals surface area contributed by atoms with E-state index < -0.39 is 5.54 Å². The maximum absolute atomic E-state index is 12.9. The number of hydrogen-bond acceptors (Lipinski definition) is 5. The highest BCUT2D eigenvalue weighted by Gasteiger charge is 2.48. The molecular formula is C20H30N2O5. The van der Waals surface area contributed by atoms with Crippen LogP contribution < -0.4 is 19.7 Å². The van der Waals surface area contributed by atoms with E-state index in [-0.39, 0.29) is 17.9 Å². The number of methoxy groups -OCH3 is 2. The maximum atomic E-state index is 12.9. The van der Waals surface area contributed by atoms with Gasteiger partial charge in [-0.3, -0.25) is 14.5 Å². The normalized spacial score (nSPS) is 19.5. The molecule has 27 heavy (non-hydrogen) atoms. The first-order valence-electron chi connectivity index (χ1n) is 9.28. The summed E-state index contributed by atoms with van der Waals surface area (Å²) in [5.41, 5.74) is -0.390. The molecule has 0 aliphatic carbocycles. The summed E-state index contributed by atoms with van der Waals surface area (Å²) in [5, 5.41) is 2.94. The second-order valence-electron chi connectivity index (χ2n) is 7.07. The minimum Gasteiger partial charge on any atom is -0.497 e. The number of nitrogens with zero attached hydrogens (tertiary/aromatic N) is 1. The molecule has 1 aliphatic heterocycles. The topological polar surface area (TPSA) is 77.1 Å². The molecule has 7 heteroatoms. The first kappa shape index (κ1) is 21.0. The van der Waals surface area contributed by atoms with E-state index in [4.69, 9.17) is 14.2 Å². The van der Waals surface area contributed by atoms with Gasteiger partial charge in [0.1, 0.15) is 17.0 Å². The van der Waals surface area contributed by atoms with Gasteiger partial charge in [0.05, 0.1) is 26.0 Å². The van der Waals surface area contributed by atoms with E-state index in [1.807, 2.05) is 13.8 Å². The van der Waals surface area contributed by atoms with Gasteiger partial charge in [0.25, 0.3) is 0 Å². The molecule has 0 aromatic heterocycles. The summed E-state index contributed by atoms with van der Waals surface area (Å²) >= 11 is 0. The lowest BCUT2D eigenvalue weighted by Gasteiger charge is -2.34. The van der Waals surface area contributed by atoms with Crippen LogP contribution in [0.15, 0.2) is 18.2 Å². The van der Waals surface area contributed by atoms with Crippen LogP contribution in [-0.2, 0) is 14.3 Å². The standard InChI is InChI=1S/C20H30N2O5/c1-14(2)27-12-6-11-21-19(24)20(3)10-9-18(23)22(20)16-8-7-15(25-4)13-17(16)26-5/h7-8,13-14H,6,9-12H2,1-5H3,(H,21,24). The van der Waals surface area contributed by atoms with Crippen LogP contribution in [0.1, 0.15) is 40.0 Å². The summed E-state index contributed by atoms with van der Waals surface area (Å²) in [6.45, 7) is 6.84. The number of carbonyl (C=O) groups excluding carboxylic acids is 2. The van der Waals surface area contributed by atoms with Crippen molar-refractivity contribution in [1.82, 2.24) is 5.32 Å². The second-order valence-corrected chi connectivity index (χ2v) is 7.07. The molecule has 1 aliphatic rings. The van der Waals surface area contributed by atoms with Crippen molar-refractivity contribution in [3.63, 3.8) is 0 Å². The number of carbonyl (C=O) groups is 2. The van der Waals surface area contributed by atoms with Gasteiger partial charge in [0, 0.05) is 25.6 Å². The van der Waals surface area contributed by atoms with Crippen LogP contribution >= 0.6 is 0 Å². The van der Waals surface area contributed by atoms with Gasteiger partial charge in [-0.1, -0.05) is 0 Å².